The van der Waals surface area contributed by atoms with Gasteiger partial charge in [-0.25, -0.2) is 0 Å². The Morgan fingerprint density at radius 3 is 2.72 bits per heavy atom. The quantitative estimate of drug-likeness (QED) is 0.759. The Morgan fingerprint density at radius 2 is 2.11 bits per heavy atom. The molecule has 4 nitrogen and oxygen atoms in total. The van der Waals surface area contributed by atoms with Crippen molar-refractivity contribution in [3.63, 3.8) is 0 Å². The highest BCUT2D eigenvalue weighted by atomic mass is 16.5. The summed E-state index contributed by atoms with van der Waals surface area (Å²) < 4.78 is 5.35. The lowest BCUT2D eigenvalue weighted by Gasteiger charge is -2.25. The number of aromatic nitrogens is 1. The van der Waals surface area contributed by atoms with Gasteiger partial charge in [0.2, 0.25) is 0 Å². The van der Waals surface area contributed by atoms with Crippen LogP contribution in [0.5, 0.6) is 0 Å². The summed E-state index contributed by atoms with van der Waals surface area (Å²) in [7, 11) is 2.11. The molecule has 18 heavy (non-hydrogen) atoms. The van der Waals surface area contributed by atoms with Crippen LogP contribution in [0.2, 0.25) is 0 Å². The molecular formula is C14H27N3O. The van der Waals surface area contributed by atoms with Gasteiger partial charge in [-0.05, 0) is 25.4 Å². The van der Waals surface area contributed by atoms with Gasteiger partial charge in [-0.1, -0.05) is 32.9 Å². The summed E-state index contributed by atoms with van der Waals surface area (Å²) in [5, 5.41) is 7.39. The fourth-order valence-corrected chi connectivity index (χ4v) is 2.04. The number of nitrogens with zero attached hydrogens (tertiary/aromatic N) is 2. The van der Waals surface area contributed by atoms with Crippen LogP contribution in [0.25, 0.3) is 0 Å². The van der Waals surface area contributed by atoms with Crippen molar-refractivity contribution >= 4 is 0 Å². The maximum Gasteiger partial charge on any atom is 0.151 e. The molecule has 1 aromatic heterocycles. The third-order valence-corrected chi connectivity index (χ3v) is 2.51. The van der Waals surface area contributed by atoms with Crippen LogP contribution in [0.15, 0.2) is 10.6 Å². The zero-order valence-corrected chi connectivity index (χ0v) is 12.4. The molecule has 1 rings (SSSR count). The molecule has 0 spiro atoms. The van der Waals surface area contributed by atoms with Gasteiger partial charge in [0, 0.05) is 19.2 Å². The Balaban J connectivity index is 2.38. The van der Waals surface area contributed by atoms with Crippen molar-refractivity contribution in [3.05, 3.63) is 17.5 Å². The van der Waals surface area contributed by atoms with E-state index < -0.39 is 0 Å². The molecule has 0 unspecified atom stereocenters. The number of hydrogen-bond acceptors (Lipinski definition) is 4. The Labute approximate surface area is 111 Å². The van der Waals surface area contributed by atoms with Crippen molar-refractivity contribution < 1.29 is 4.52 Å². The van der Waals surface area contributed by atoms with E-state index in [0.717, 1.165) is 44.1 Å². The van der Waals surface area contributed by atoms with E-state index >= 15 is 0 Å². The normalized spacial score (nSPS) is 12.3. The first-order valence-corrected chi connectivity index (χ1v) is 6.74. The highest BCUT2D eigenvalue weighted by Gasteiger charge is 2.15. The zero-order chi connectivity index (χ0) is 13.6. The monoisotopic (exact) mass is 253 g/mol. The van der Waals surface area contributed by atoms with Gasteiger partial charge in [-0.3, -0.25) is 4.90 Å². The summed E-state index contributed by atoms with van der Waals surface area (Å²) >= 11 is 0. The average Bonchev–Trinajstić information content (AvgIpc) is 2.63. The van der Waals surface area contributed by atoms with Crippen molar-refractivity contribution in [1.29, 1.82) is 0 Å². The van der Waals surface area contributed by atoms with E-state index in [0.29, 0.717) is 5.41 Å². The summed E-state index contributed by atoms with van der Waals surface area (Å²) in [5.41, 5.74) is 1.29. The molecule has 0 amide bonds. The molecule has 0 radical (unpaired) electrons. The van der Waals surface area contributed by atoms with Crippen LogP contribution < -0.4 is 5.32 Å². The zero-order valence-electron chi connectivity index (χ0n) is 12.4. The van der Waals surface area contributed by atoms with Gasteiger partial charge in [0.05, 0.1) is 12.2 Å². The second-order valence-electron chi connectivity index (χ2n) is 6.19. The summed E-state index contributed by atoms with van der Waals surface area (Å²) in [6.45, 7) is 12.5. The fraction of sp³-hybridized carbons (Fsp3) is 0.786. The Morgan fingerprint density at radius 1 is 1.39 bits per heavy atom. The molecule has 4 heteroatoms. The lowest BCUT2D eigenvalue weighted by Crippen LogP contribution is -2.28. The van der Waals surface area contributed by atoms with Gasteiger partial charge in [-0.2, -0.15) is 0 Å². The predicted molar refractivity (Wildman–Crippen MR) is 74.3 cm³/mol. The summed E-state index contributed by atoms with van der Waals surface area (Å²) in [5.74, 6) is 0.940. The number of nitrogens with one attached hydrogen (secondary N) is 1. The lowest BCUT2D eigenvalue weighted by molar-refractivity contribution is 0.200. The minimum Gasteiger partial charge on any atom is -0.360 e. The van der Waals surface area contributed by atoms with Crippen molar-refractivity contribution in [1.82, 2.24) is 15.4 Å². The molecule has 0 bridgehead atoms. The third kappa shape index (κ3) is 6.17. The molecule has 1 heterocycles. The number of hydrogen-bond donors (Lipinski definition) is 1. The molecular weight excluding hydrogens is 226 g/mol. The Bertz CT molecular complexity index is 341. The van der Waals surface area contributed by atoms with Gasteiger partial charge in [-0.15, -0.1) is 0 Å². The molecule has 0 saturated heterocycles. The van der Waals surface area contributed by atoms with Crippen LogP contribution in [0.4, 0.5) is 0 Å². The van der Waals surface area contributed by atoms with Crippen LogP contribution in [-0.2, 0) is 13.1 Å². The van der Waals surface area contributed by atoms with E-state index in [1.165, 1.54) is 0 Å². The van der Waals surface area contributed by atoms with E-state index in [2.05, 4.69) is 50.1 Å². The highest BCUT2D eigenvalue weighted by molar-refractivity contribution is 5.05. The van der Waals surface area contributed by atoms with Gasteiger partial charge in [0.15, 0.2) is 5.76 Å². The second kappa shape index (κ2) is 6.90. The minimum atomic E-state index is 0.306. The maximum atomic E-state index is 5.35. The Kier molecular flexibility index (Phi) is 5.82. The molecule has 104 valence electrons. The SMILES string of the molecule is CCCNCc1cc(CN(C)CC(C)(C)C)on1. The maximum absolute atomic E-state index is 5.35. The second-order valence-corrected chi connectivity index (χ2v) is 6.19. The topological polar surface area (TPSA) is 41.3 Å². The molecule has 0 aromatic carbocycles. The van der Waals surface area contributed by atoms with Crippen LogP contribution in [-0.4, -0.2) is 30.2 Å². The first-order chi connectivity index (χ1) is 8.40. The Hall–Kier alpha value is -0.870. The number of rotatable bonds is 7. The standard InChI is InChI=1S/C14H27N3O/c1-6-7-15-9-12-8-13(18-16-12)10-17(5)11-14(2,3)4/h8,15H,6-7,9-11H2,1-5H3. The van der Waals surface area contributed by atoms with Gasteiger partial charge in [0.1, 0.15) is 0 Å². The van der Waals surface area contributed by atoms with Crippen LogP contribution in [0, 0.1) is 5.41 Å². The predicted octanol–water partition coefficient (Wildman–Crippen LogP) is 2.65. The molecule has 0 saturated carbocycles. The van der Waals surface area contributed by atoms with Crippen molar-refractivity contribution in [2.24, 2.45) is 5.41 Å². The lowest BCUT2D eigenvalue weighted by atomic mass is 9.96. The third-order valence-electron chi connectivity index (χ3n) is 2.51. The first kappa shape index (κ1) is 15.2. The van der Waals surface area contributed by atoms with Gasteiger partial charge in [0.25, 0.3) is 0 Å². The first-order valence-electron chi connectivity index (χ1n) is 6.74. The van der Waals surface area contributed by atoms with E-state index in [-0.39, 0.29) is 0 Å². The molecule has 0 aliphatic carbocycles. The molecule has 0 fully saturated rings. The van der Waals surface area contributed by atoms with Crippen LogP contribution in [0.3, 0.4) is 0 Å². The minimum absolute atomic E-state index is 0.306. The summed E-state index contributed by atoms with van der Waals surface area (Å²) in [4.78, 5) is 2.27. The summed E-state index contributed by atoms with van der Waals surface area (Å²) in [6.07, 6.45) is 1.14. The van der Waals surface area contributed by atoms with Gasteiger partial charge >= 0.3 is 0 Å². The van der Waals surface area contributed by atoms with E-state index in [1.807, 2.05) is 6.07 Å². The largest absolute Gasteiger partial charge is 0.360 e. The molecule has 0 atom stereocenters. The van der Waals surface area contributed by atoms with Crippen molar-refractivity contribution in [3.8, 4) is 0 Å². The average molecular weight is 253 g/mol. The highest BCUT2D eigenvalue weighted by Crippen LogP contribution is 2.16. The van der Waals surface area contributed by atoms with Crippen LogP contribution >= 0.6 is 0 Å². The van der Waals surface area contributed by atoms with E-state index in [4.69, 9.17) is 4.52 Å². The van der Waals surface area contributed by atoms with E-state index in [9.17, 15) is 0 Å². The smallest absolute Gasteiger partial charge is 0.151 e. The molecule has 0 aliphatic heterocycles. The summed E-state index contributed by atoms with van der Waals surface area (Å²) in [6, 6.07) is 2.04. The van der Waals surface area contributed by atoms with Gasteiger partial charge < -0.3 is 9.84 Å². The van der Waals surface area contributed by atoms with E-state index in [1.54, 1.807) is 0 Å². The molecule has 1 N–H and O–H groups in total. The van der Waals surface area contributed by atoms with Crippen LogP contribution in [0.1, 0.15) is 45.6 Å². The van der Waals surface area contributed by atoms with Crippen molar-refractivity contribution in [2.45, 2.75) is 47.2 Å². The van der Waals surface area contributed by atoms with Crippen molar-refractivity contribution in [2.75, 3.05) is 20.1 Å². The fourth-order valence-electron chi connectivity index (χ4n) is 2.04. The molecule has 0 aliphatic rings. The molecule has 1 aromatic rings.